The van der Waals surface area contributed by atoms with Gasteiger partial charge in [-0.3, -0.25) is 4.79 Å². The number of methoxy groups -OCH3 is 1. The average molecular weight is 371 g/mol. The normalized spacial score (nSPS) is 15.1. The van der Waals surface area contributed by atoms with Gasteiger partial charge in [-0.1, -0.05) is 24.3 Å². The predicted octanol–water partition coefficient (Wildman–Crippen LogP) is 1.95. The van der Waals surface area contributed by atoms with Crippen LogP contribution in [0.2, 0.25) is 0 Å². The SMILES string of the molecule is COCc1ccc(C(=O)OCC(=O)NC[C@H]2COc3ccccc3O2)cc1. The molecule has 0 bridgehead atoms. The minimum Gasteiger partial charge on any atom is -0.486 e. The van der Waals surface area contributed by atoms with E-state index in [1.807, 2.05) is 24.3 Å². The summed E-state index contributed by atoms with van der Waals surface area (Å²) < 4.78 is 21.4. The van der Waals surface area contributed by atoms with E-state index in [1.54, 1.807) is 31.4 Å². The van der Waals surface area contributed by atoms with Gasteiger partial charge in [0.1, 0.15) is 12.7 Å². The monoisotopic (exact) mass is 371 g/mol. The zero-order valence-corrected chi connectivity index (χ0v) is 15.0. The smallest absolute Gasteiger partial charge is 0.338 e. The minimum absolute atomic E-state index is 0.260. The highest BCUT2D eigenvalue weighted by molar-refractivity contribution is 5.91. The Hall–Kier alpha value is -3.06. The third-order valence-electron chi connectivity index (χ3n) is 3.93. The number of carbonyl (C=O) groups excluding carboxylic acids is 2. The minimum atomic E-state index is -0.555. The lowest BCUT2D eigenvalue weighted by Crippen LogP contribution is -2.42. The van der Waals surface area contributed by atoms with Crippen LogP contribution in [0.25, 0.3) is 0 Å². The standard InChI is InChI=1S/C20H21NO6/c1-24-11-14-6-8-15(9-7-14)20(23)26-13-19(22)21-10-16-12-25-17-4-2-3-5-18(17)27-16/h2-9,16H,10-13H2,1H3,(H,21,22)/t16-/m0/s1. The van der Waals surface area contributed by atoms with Gasteiger partial charge in [0, 0.05) is 7.11 Å². The lowest BCUT2D eigenvalue weighted by Gasteiger charge is -2.26. The Bertz CT molecular complexity index is 789. The van der Waals surface area contributed by atoms with Gasteiger partial charge in [-0.15, -0.1) is 0 Å². The lowest BCUT2D eigenvalue weighted by molar-refractivity contribution is -0.124. The molecular weight excluding hydrogens is 350 g/mol. The predicted molar refractivity (Wildman–Crippen MR) is 96.8 cm³/mol. The van der Waals surface area contributed by atoms with Crippen molar-refractivity contribution in [3.05, 3.63) is 59.7 Å². The Morgan fingerprint density at radius 1 is 1.11 bits per heavy atom. The van der Waals surface area contributed by atoms with Gasteiger partial charge in [0.05, 0.1) is 18.7 Å². The number of amides is 1. The maximum Gasteiger partial charge on any atom is 0.338 e. The van der Waals surface area contributed by atoms with E-state index < -0.39 is 11.9 Å². The molecule has 2 aromatic carbocycles. The molecule has 0 spiro atoms. The maximum absolute atomic E-state index is 12.0. The zero-order valence-electron chi connectivity index (χ0n) is 15.0. The lowest BCUT2D eigenvalue weighted by atomic mass is 10.1. The molecule has 0 fully saturated rings. The van der Waals surface area contributed by atoms with Crippen molar-refractivity contribution in [1.29, 1.82) is 0 Å². The van der Waals surface area contributed by atoms with Crippen LogP contribution in [-0.2, 0) is 20.9 Å². The molecule has 1 heterocycles. The van der Waals surface area contributed by atoms with Gasteiger partial charge in [0.2, 0.25) is 0 Å². The summed E-state index contributed by atoms with van der Waals surface area (Å²) in [7, 11) is 1.60. The molecule has 27 heavy (non-hydrogen) atoms. The molecule has 1 atom stereocenters. The number of esters is 1. The number of rotatable bonds is 7. The maximum atomic E-state index is 12.0. The van der Waals surface area contributed by atoms with Crippen LogP contribution < -0.4 is 14.8 Å². The highest BCUT2D eigenvalue weighted by Gasteiger charge is 2.21. The second-order valence-corrected chi connectivity index (χ2v) is 6.01. The average Bonchev–Trinajstić information content (AvgIpc) is 2.71. The van der Waals surface area contributed by atoms with Crippen LogP contribution in [0.4, 0.5) is 0 Å². The Labute approximate surface area is 157 Å². The molecule has 2 aromatic rings. The molecule has 0 aliphatic carbocycles. The van der Waals surface area contributed by atoms with Gasteiger partial charge in [0.25, 0.3) is 5.91 Å². The number of fused-ring (bicyclic) bond motifs is 1. The third-order valence-corrected chi connectivity index (χ3v) is 3.93. The highest BCUT2D eigenvalue weighted by Crippen LogP contribution is 2.30. The molecular formula is C20H21NO6. The number of ether oxygens (including phenoxy) is 4. The topological polar surface area (TPSA) is 83.1 Å². The van der Waals surface area contributed by atoms with E-state index in [2.05, 4.69) is 5.32 Å². The molecule has 1 aliphatic rings. The van der Waals surface area contributed by atoms with E-state index in [0.29, 0.717) is 30.3 Å². The molecule has 0 radical (unpaired) electrons. The highest BCUT2D eigenvalue weighted by atomic mass is 16.6. The molecule has 1 aliphatic heterocycles. The van der Waals surface area contributed by atoms with E-state index in [1.165, 1.54) is 0 Å². The molecule has 0 saturated heterocycles. The number of para-hydroxylation sites is 2. The number of hydrogen-bond donors (Lipinski definition) is 1. The van der Waals surface area contributed by atoms with Gasteiger partial charge >= 0.3 is 5.97 Å². The molecule has 142 valence electrons. The van der Waals surface area contributed by atoms with E-state index >= 15 is 0 Å². The number of carbonyl (C=O) groups is 2. The summed E-state index contributed by atoms with van der Waals surface area (Å²) in [6.07, 6.45) is -0.298. The van der Waals surface area contributed by atoms with E-state index in [4.69, 9.17) is 18.9 Å². The third kappa shape index (κ3) is 5.21. The van der Waals surface area contributed by atoms with E-state index in [9.17, 15) is 9.59 Å². The van der Waals surface area contributed by atoms with E-state index in [-0.39, 0.29) is 19.3 Å². The van der Waals surface area contributed by atoms with Crippen LogP contribution >= 0.6 is 0 Å². The Morgan fingerprint density at radius 3 is 2.59 bits per heavy atom. The van der Waals surface area contributed by atoms with Gasteiger partial charge in [-0.25, -0.2) is 4.79 Å². The number of benzene rings is 2. The number of nitrogens with one attached hydrogen (secondary N) is 1. The van der Waals surface area contributed by atoms with Gasteiger partial charge in [-0.05, 0) is 29.8 Å². The molecule has 1 N–H and O–H groups in total. The summed E-state index contributed by atoms with van der Waals surface area (Å²) in [5.41, 5.74) is 1.33. The van der Waals surface area contributed by atoms with E-state index in [0.717, 1.165) is 5.56 Å². The van der Waals surface area contributed by atoms with Crippen LogP contribution in [-0.4, -0.2) is 44.8 Å². The summed E-state index contributed by atoms with van der Waals surface area (Å²) in [5, 5.41) is 2.68. The fourth-order valence-corrected chi connectivity index (χ4v) is 2.56. The van der Waals surface area contributed by atoms with Crippen LogP contribution in [0.15, 0.2) is 48.5 Å². The molecule has 3 rings (SSSR count). The first-order valence-electron chi connectivity index (χ1n) is 8.56. The Kier molecular flexibility index (Phi) is 6.27. The fraction of sp³-hybridized carbons (Fsp3) is 0.300. The number of hydrogen-bond acceptors (Lipinski definition) is 6. The fourth-order valence-electron chi connectivity index (χ4n) is 2.56. The van der Waals surface area contributed by atoms with Crippen LogP contribution in [0.5, 0.6) is 11.5 Å². The summed E-state index contributed by atoms with van der Waals surface area (Å²) in [4.78, 5) is 23.9. The first kappa shape index (κ1) is 18.7. The first-order valence-corrected chi connectivity index (χ1v) is 8.56. The molecule has 7 nitrogen and oxygen atoms in total. The second-order valence-electron chi connectivity index (χ2n) is 6.01. The van der Waals surface area contributed by atoms with Crippen molar-refractivity contribution in [3.63, 3.8) is 0 Å². The summed E-state index contributed by atoms with van der Waals surface area (Å²) >= 11 is 0. The zero-order chi connectivity index (χ0) is 19.1. The Balaban J connectivity index is 1.40. The van der Waals surface area contributed by atoms with Crippen molar-refractivity contribution in [2.75, 3.05) is 26.9 Å². The van der Waals surface area contributed by atoms with Crippen LogP contribution in [0.1, 0.15) is 15.9 Å². The van der Waals surface area contributed by atoms with Gasteiger partial charge in [-0.2, -0.15) is 0 Å². The molecule has 0 aromatic heterocycles. The summed E-state index contributed by atoms with van der Waals surface area (Å²) in [6.45, 7) is 0.708. The van der Waals surface area contributed by atoms with Gasteiger partial charge in [0.15, 0.2) is 18.1 Å². The molecule has 0 saturated carbocycles. The van der Waals surface area contributed by atoms with Crippen LogP contribution in [0.3, 0.4) is 0 Å². The van der Waals surface area contributed by atoms with Crippen molar-refractivity contribution in [1.82, 2.24) is 5.32 Å². The molecule has 0 unspecified atom stereocenters. The van der Waals surface area contributed by atoms with Crippen molar-refractivity contribution in [2.45, 2.75) is 12.7 Å². The second kappa shape index (κ2) is 9.05. The van der Waals surface area contributed by atoms with Crippen LogP contribution in [0, 0.1) is 0 Å². The van der Waals surface area contributed by atoms with Crippen molar-refractivity contribution in [3.8, 4) is 11.5 Å². The summed E-state index contributed by atoms with van der Waals surface area (Å²) in [6, 6.07) is 14.2. The largest absolute Gasteiger partial charge is 0.486 e. The van der Waals surface area contributed by atoms with Crippen molar-refractivity contribution < 1.29 is 28.5 Å². The van der Waals surface area contributed by atoms with Crippen molar-refractivity contribution >= 4 is 11.9 Å². The molecule has 1 amide bonds. The first-order chi connectivity index (χ1) is 13.2. The summed E-state index contributed by atoms with van der Waals surface area (Å²) in [5.74, 6) is 0.374. The Morgan fingerprint density at radius 2 is 1.85 bits per heavy atom. The van der Waals surface area contributed by atoms with Gasteiger partial charge < -0.3 is 24.3 Å². The molecule has 7 heteroatoms. The quantitative estimate of drug-likeness (QED) is 0.749. The van der Waals surface area contributed by atoms with Crippen molar-refractivity contribution in [2.24, 2.45) is 0 Å².